The van der Waals surface area contributed by atoms with E-state index >= 15 is 0 Å². The largest absolute Gasteiger partial charge is 0.396 e. The Morgan fingerprint density at radius 3 is 2.31 bits per heavy atom. The zero-order chi connectivity index (χ0) is 22.8. The number of nitrogens with zero attached hydrogens (tertiary/aromatic N) is 5. The molecule has 0 atom stereocenters. The summed E-state index contributed by atoms with van der Waals surface area (Å²) in [5.41, 5.74) is 4.36. The van der Waals surface area contributed by atoms with Crippen LogP contribution in [0.25, 0.3) is 11.4 Å². The number of hydrogen-bond donors (Lipinski definition) is 1. The first-order valence-corrected chi connectivity index (χ1v) is 12.2. The van der Waals surface area contributed by atoms with Crippen molar-refractivity contribution in [3.63, 3.8) is 0 Å². The van der Waals surface area contributed by atoms with Crippen LogP contribution in [0.5, 0.6) is 0 Å². The van der Waals surface area contributed by atoms with Gasteiger partial charge in [-0.2, -0.15) is 4.98 Å². The average Bonchev–Trinajstić information content (AvgIpc) is 2.80. The lowest BCUT2D eigenvalue weighted by Gasteiger charge is -2.42. The molecule has 2 aromatic rings. The monoisotopic (exact) mass is 437 g/mol. The van der Waals surface area contributed by atoms with Crippen molar-refractivity contribution in [3.8, 4) is 11.4 Å². The molecule has 4 rings (SSSR count). The van der Waals surface area contributed by atoms with Crippen LogP contribution in [0.1, 0.15) is 70.9 Å². The average molecular weight is 438 g/mol. The van der Waals surface area contributed by atoms with Gasteiger partial charge in [0.25, 0.3) is 0 Å². The van der Waals surface area contributed by atoms with Gasteiger partial charge in [-0.05, 0) is 66.7 Å². The summed E-state index contributed by atoms with van der Waals surface area (Å²) in [5, 5.41) is 8.94. The van der Waals surface area contributed by atoms with Gasteiger partial charge < -0.3 is 10.0 Å². The molecule has 0 amide bonds. The summed E-state index contributed by atoms with van der Waals surface area (Å²) in [7, 11) is 0. The molecule has 32 heavy (non-hydrogen) atoms. The van der Waals surface area contributed by atoms with Crippen LogP contribution in [0.15, 0.2) is 24.5 Å². The maximum atomic E-state index is 8.94. The van der Waals surface area contributed by atoms with Gasteiger partial charge in [0.05, 0.1) is 0 Å². The predicted molar refractivity (Wildman–Crippen MR) is 130 cm³/mol. The molecule has 1 N–H and O–H groups in total. The Hall–Kier alpha value is -2.05. The third kappa shape index (κ3) is 4.96. The number of aromatic nitrogens is 3. The summed E-state index contributed by atoms with van der Waals surface area (Å²) < 4.78 is 0. The van der Waals surface area contributed by atoms with Crippen molar-refractivity contribution in [1.82, 2.24) is 19.9 Å². The van der Waals surface area contributed by atoms with Gasteiger partial charge in [-0.25, -0.2) is 9.97 Å². The summed E-state index contributed by atoms with van der Waals surface area (Å²) in [4.78, 5) is 18.7. The SMILES string of the molecule is CC1(C)CCC(C)(C)c2cc(-c3ncnc(N4CCN(CCCCCO)CC4)n3)ccc21. The Morgan fingerprint density at radius 2 is 1.59 bits per heavy atom. The number of benzene rings is 1. The summed E-state index contributed by atoms with van der Waals surface area (Å²) in [5.74, 6) is 1.55. The maximum absolute atomic E-state index is 8.94. The van der Waals surface area contributed by atoms with Crippen LogP contribution in [0, 0.1) is 0 Å². The van der Waals surface area contributed by atoms with Gasteiger partial charge in [-0.3, -0.25) is 4.90 Å². The third-order valence-corrected chi connectivity index (χ3v) is 7.46. The molecule has 2 aliphatic rings. The topological polar surface area (TPSA) is 65.4 Å². The van der Waals surface area contributed by atoms with E-state index in [-0.39, 0.29) is 10.8 Å². The van der Waals surface area contributed by atoms with E-state index < -0.39 is 0 Å². The molecule has 174 valence electrons. The van der Waals surface area contributed by atoms with Crippen molar-refractivity contribution in [2.24, 2.45) is 0 Å². The quantitative estimate of drug-likeness (QED) is 0.656. The Morgan fingerprint density at radius 1 is 0.875 bits per heavy atom. The number of hydrogen-bond acceptors (Lipinski definition) is 6. The van der Waals surface area contributed by atoms with Crippen molar-refractivity contribution in [2.75, 3.05) is 44.2 Å². The smallest absolute Gasteiger partial charge is 0.228 e. The molecule has 1 aliphatic heterocycles. The molecule has 1 aromatic carbocycles. The molecule has 0 saturated carbocycles. The van der Waals surface area contributed by atoms with E-state index in [1.807, 2.05) is 0 Å². The third-order valence-electron chi connectivity index (χ3n) is 7.46. The lowest BCUT2D eigenvalue weighted by molar-refractivity contribution is 0.241. The highest BCUT2D eigenvalue weighted by atomic mass is 16.2. The molecule has 6 nitrogen and oxygen atoms in total. The number of rotatable bonds is 7. The highest BCUT2D eigenvalue weighted by molar-refractivity contribution is 5.61. The molecule has 1 aromatic heterocycles. The first-order chi connectivity index (χ1) is 15.3. The molecule has 0 unspecified atom stereocenters. The van der Waals surface area contributed by atoms with Gasteiger partial charge in [0.1, 0.15) is 6.33 Å². The van der Waals surface area contributed by atoms with Gasteiger partial charge in [0.15, 0.2) is 5.82 Å². The van der Waals surface area contributed by atoms with E-state index in [0.717, 1.165) is 69.3 Å². The van der Waals surface area contributed by atoms with Crippen molar-refractivity contribution < 1.29 is 5.11 Å². The molecule has 1 saturated heterocycles. The molecule has 2 heterocycles. The maximum Gasteiger partial charge on any atom is 0.228 e. The predicted octanol–water partition coefficient (Wildman–Crippen LogP) is 4.17. The zero-order valence-electron chi connectivity index (χ0n) is 20.3. The van der Waals surface area contributed by atoms with Gasteiger partial charge in [-0.1, -0.05) is 39.8 Å². The first kappa shape index (κ1) is 23.1. The standard InChI is InChI=1S/C26H39N5O/c1-25(2)10-11-26(3,4)22-18-20(8-9-21(22)25)23-27-19-28-24(29-23)31-15-13-30(14-16-31)12-6-5-7-17-32/h8-9,18-19,32H,5-7,10-17H2,1-4H3. The van der Waals surface area contributed by atoms with Crippen LogP contribution in [0.2, 0.25) is 0 Å². The highest BCUT2D eigenvalue weighted by Gasteiger charge is 2.37. The Bertz CT molecular complexity index is 918. The molecule has 0 spiro atoms. The van der Waals surface area contributed by atoms with Crippen molar-refractivity contribution in [2.45, 2.75) is 70.6 Å². The molecule has 6 heteroatoms. The van der Waals surface area contributed by atoms with Crippen LogP contribution in [-0.4, -0.2) is 64.3 Å². The van der Waals surface area contributed by atoms with Gasteiger partial charge in [0, 0.05) is 38.3 Å². The number of piperazine rings is 1. The van der Waals surface area contributed by atoms with E-state index in [1.165, 1.54) is 24.0 Å². The highest BCUT2D eigenvalue weighted by Crippen LogP contribution is 2.46. The van der Waals surface area contributed by atoms with E-state index in [2.05, 4.69) is 65.7 Å². The second-order valence-corrected chi connectivity index (χ2v) is 10.8. The van der Waals surface area contributed by atoms with Gasteiger partial charge in [0.2, 0.25) is 5.95 Å². The second-order valence-electron chi connectivity index (χ2n) is 10.8. The van der Waals surface area contributed by atoms with Gasteiger partial charge in [-0.15, -0.1) is 0 Å². The van der Waals surface area contributed by atoms with E-state index in [0.29, 0.717) is 6.61 Å². The number of anilines is 1. The minimum absolute atomic E-state index is 0.171. The Kier molecular flexibility index (Phi) is 6.82. The second kappa shape index (κ2) is 9.44. The number of aliphatic hydroxyl groups is 1. The van der Waals surface area contributed by atoms with Crippen molar-refractivity contribution in [3.05, 3.63) is 35.7 Å². The van der Waals surface area contributed by atoms with Gasteiger partial charge >= 0.3 is 0 Å². The fraction of sp³-hybridized carbons (Fsp3) is 0.654. The number of fused-ring (bicyclic) bond motifs is 1. The minimum atomic E-state index is 0.171. The van der Waals surface area contributed by atoms with E-state index in [4.69, 9.17) is 10.1 Å². The van der Waals surface area contributed by atoms with E-state index in [1.54, 1.807) is 6.33 Å². The molecular weight excluding hydrogens is 398 g/mol. The van der Waals surface area contributed by atoms with Crippen molar-refractivity contribution >= 4 is 5.95 Å². The fourth-order valence-electron chi connectivity index (χ4n) is 5.10. The van der Waals surface area contributed by atoms with Crippen LogP contribution < -0.4 is 4.90 Å². The van der Waals surface area contributed by atoms with Crippen LogP contribution in [0.3, 0.4) is 0 Å². The molecule has 1 aliphatic carbocycles. The lowest BCUT2D eigenvalue weighted by atomic mass is 9.63. The van der Waals surface area contributed by atoms with Crippen LogP contribution in [0.4, 0.5) is 5.95 Å². The van der Waals surface area contributed by atoms with E-state index in [9.17, 15) is 0 Å². The van der Waals surface area contributed by atoms with Crippen LogP contribution in [-0.2, 0) is 10.8 Å². The number of aliphatic hydroxyl groups excluding tert-OH is 1. The minimum Gasteiger partial charge on any atom is -0.396 e. The summed E-state index contributed by atoms with van der Waals surface area (Å²) in [6, 6.07) is 6.80. The molecule has 0 bridgehead atoms. The zero-order valence-corrected chi connectivity index (χ0v) is 20.3. The first-order valence-electron chi connectivity index (χ1n) is 12.2. The lowest BCUT2D eigenvalue weighted by Crippen LogP contribution is -2.47. The molecule has 0 radical (unpaired) electrons. The summed E-state index contributed by atoms with van der Waals surface area (Å²) >= 11 is 0. The number of unbranched alkanes of at least 4 members (excludes halogenated alkanes) is 2. The molecular formula is C26H39N5O. The Balaban J connectivity index is 1.47. The summed E-state index contributed by atoms with van der Waals surface area (Å²) in [6.07, 6.45) is 7.24. The van der Waals surface area contributed by atoms with Crippen molar-refractivity contribution in [1.29, 1.82) is 0 Å². The van der Waals surface area contributed by atoms with Crippen LogP contribution >= 0.6 is 0 Å². The normalized spacial score (nSPS) is 20.2. The molecule has 1 fully saturated rings. The Labute approximate surface area is 193 Å². The fourth-order valence-corrected chi connectivity index (χ4v) is 5.10. The summed E-state index contributed by atoms with van der Waals surface area (Å²) in [6.45, 7) is 14.8.